The topological polar surface area (TPSA) is 3.88 Å². The van der Waals surface area contributed by atoms with E-state index >= 15 is 0 Å². The van der Waals surface area contributed by atoms with Crippen molar-refractivity contribution in [2.24, 2.45) is 7.05 Å². The van der Waals surface area contributed by atoms with Gasteiger partial charge in [0, 0.05) is 6.07 Å². The molecule has 0 atom stereocenters. The predicted octanol–water partition coefficient (Wildman–Crippen LogP) is 7.31. The van der Waals surface area contributed by atoms with Crippen molar-refractivity contribution in [3.8, 4) is 0 Å². The Morgan fingerprint density at radius 2 is 1.79 bits per heavy atom. The van der Waals surface area contributed by atoms with Crippen LogP contribution in [0.3, 0.4) is 0 Å². The van der Waals surface area contributed by atoms with Gasteiger partial charge in [-0.25, -0.2) is 8.96 Å². The van der Waals surface area contributed by atoms with Gasteiger partial charge in [-0.3, -0.25) is 0 Å². The molecule has 1 nitrogen and oxygen atoms in total. The molecular formula is C24H28F4N+. The molecular weight excluding hydrogens is 378 g/mol. The number of benzene rings is 1. The molecule has 0 saturated carbocycles. The van der Waals surface area contributed by atoms with Gasteiger partial charge in [0.2, 0.25) is 5.52 Å². The van der Waals surface area contributed by atoms with Crippen molar-refractivity contribution in [2.75, 3.05) is 0 Å². The molecule has 0 N–H and O–H groups in total. The number of alkyl halides is 3. The van der Waals surface area contributed by atoms with E-state index in [9.17, 15) is 17.6 Å². The van der Waals surface area contributed by atoms with E-state index in [-0.39, 0.29) is 10.9 Å². The summed E-state index contributed by atoms with van der Waals surface area (Å²) in [4.78, 5) is 0. The number of hydrogen-bond donors (Lipinski definition) is 0. The number of hydrogen-bond acceptors (Lipinski definition) is 0. The number of pyridine rings is 1. The van der Waals surface area contributed by atoms with E-state index in [4.69, 9.17) is 0 Å². The van der Waals surface area contributed by atoms with Crippen molar-refractivity contribution >= 4 is 16.5 Å². The third kappa shape index (κ3) is 5.34. The third-order valence-electron chi connectivity index (χ3n) is 4.89. The van der Waals surface area contributed by atoms with Crippen molar-refractivity contribution in [3.63, 3.8) is 0 Å². The summed E-state index contributed by atoms with van der Waals surface area (Å²) in [7, 11) is 1.68. The molecule has 1 heterocycles. The summed E-state index contributed by atoms with van der Waals surface area (Å²) in [5.74, 6) is -0.690. The molecule has 0 saturated heterocycles. The van der Waals surface area contributed by atoms with Gasteiger partial charge < -0.3 is 0 Å². The zero-order chi connectivity index (χ0) is 21.8. The Morgan fingerprint density at radius 3 is 2.38 bits per heavy atom. The van der Waals surface area contributed by atoms with Crippen molar-refractivity contribution in [2.45, 2.75) is 53.1 Å². The minimum atomic E-state index is -4.62. The van der Waals surface area contributed by atoms with Gasteiger partial charge in [-0.2, -0.15) is 13.2 Å². The molecule has 1 aromatic heterocycles. The van der Waals surface area contributed by atoms with Crippen molar-refractivity contribution in [1.82, 2.24) is 0 Å². The first-order chi connectivity index (χ1) is 13.6. The summed E-state index contributed by atoms with van der Waals surface area (Å²) in [5, 5.41) is -0.137. The van der Waals surface area contributed by atoms with Crippen LogP contribution in [0, 0.1) is 5.82 Å². The molecule has 0 bridgehead atoms. The Morgan fingerprint density at radius 1 is 1.10 bits per heavy atom. The van der Waals surface area contributed by atoms with Crippen LogP contribution in [0.25, 0.3) is 16.5 Å². The Kier molecular flexibility index (Phi) is 7.39. The number of fused-ring (bicyclic) bond motifs is 1. The van der Waals surface area contributed by atoms with Crippen LogP contribution < -0.4 is 4.57 Å². The van der Waals surface area contributed by atoms with Gasteiger partial charge in [-0.15, -0.1) is 0 Å². The van der Waals surface area contributed by atoms with E-state index < -0.39 is 17.6 Å². The summed E-state index contributed by atoms with van der Waals surface area (Å²) in [5.41, 5.74) is 1.93. The van der Waals surface area contributed by atoms with Crippen LogP contribution >= 0.6 is 0 Å². The molecule has 0 aliphatic heterocycles. The van der Waals surface area contributed by atoms with E-state index in [2.05, 4.69) is 6.92 Å². The van der Waals surface area contributed by atoms with Gasteiger partial charge >= 0.3 is 6.18 Å². The molecule has 0 aliphatic carbocycles. The number of allylic oxidation sites excluding steroid dienone is 6. The van der Waals surface area contributed by atoms with Gasteiger partial charge in [-0.1, -0.05) is 44.1 Å². The second kappa shape index (κ2) is 9.38. The summed E-state index contributed by atoms with van der Waals surface area (Å²) in [6.45, 7) is 7.79. The summed E-state index contributed by atoms with van der Waals surface area (Å²) in [6.07, 6.45) is 4.95. The monoisotopic (exact) mass is 406 g/mol. The van der Waals surface area contributed by atoms with Crippen LogP contribution in [0.15, 0.2) is 53.8 Å². The molecule has 156 valence electrons. The van der Waals surface area contributed by atoms with E-state index in [1.54, 1.807) is 17.7 Å². The van der Waals surface area contributed by atoms with Crippen LogP contribution in [0.2, 0.25) is 0 Å². The molecule has 0 unspecified atom stereocenters. The first kappa shape index (κ1) is 22.9. The van der Waals surface area contributed by atoms with Gasteiger partial charge in [0.1, 0.15) is 12.9 Å². The third-order valence-corrected chi connectivity index (χ3v) is 4.89. The molecule has 0 spiro atoms. The first-order valence-corrected chi connectivity index (χ1v) is 9.84. The molecule has 2 aromatic rings. The first-order valence-electron chi connectivity index (χ1n) is 9.84. The zero-order valence-electron chi connectivity index (χ0n) is 17.6. The van der Waals surface area contributed by atoms with Crippen LogP contribution in [0.5, 0.6) is 0 Å². The number of rotatable bonds is 6. The molecule has 29 heavy (non-hydrogen) atoms. The molecule has 0 fully saturated rings. The quantitative estimate of drug-likeness (QED) is 0.269. The van der Waals surface area contributed by atoms with Crippen molar-refractivity contribution in [1.29, 1.82) is 0 Å². The lowest BCUT2D eigenvalue weighted by Crippen LogP contribution is -2.31. The second-order valence-electron chi connectivity index (χ2n) is 7.33. The molecule has 5 heteroatoms. The molecule has 2 rings (SSSR count). The normalized spacial score (nSPS) is 14.0. The van der Waals surface area contributed by atoms with E-state index in [1.807, 2.05) is 32.9 Å². The highest BCUT2D eigenvalue weighted by molar-refractivity contribution is 5.89. The number of aromatic nitrogens is 1. The minimum Gasteiger partial charge on any atom is -0.207 e. The van der Waals surface area contributed by atoms with Crippen LogP contribution in [0.4, 0.5) is 17.6 Å². The van der Waals surface area contributed by atoms with Crippen molar-refractivity contribution in [3.05, 3.63) is 70.7 Å². The Labute approximate surface area is 170 Å². The van der Waals surface area contributed by atoms with Crippen LogP contribution in [0.1, 0.15) is 58.1 Å². The lowest BCUT2D eigenvalue weighted by atomic mass is 9.91. The SMILES string of the molecule is CC\C=C(C)/C(=C\C=C(\C)CCC)c1c[n+](C)c2ccc(F)cc2c1C(F)(F)F. The van der Waals surface area contributed by atoms with Crippen LogP contribution in [-0.2, 0) is 13.2 Å². The average molecular weight is 406 g/mol. The highest BCUT2D eigenvalue weighted by atomic mass is 19.4. The Balaban J connectivity index is 2.92. The zero-order valence-corrected chi connectivity index (χ0v) is 17.6. The highest BCUT2D eigenvalue weighted by Gasteiger charge is 2.39. The fourth-order valence-corrected chi connectivity index (χ4v) is 3.55. The lowest BCUT2D eigenvalue weighted by Gasteiger charge is -2.17. The molecule has 1 aromatic carbocycles. The minimum absolute atomic E-state index is 0.0563. The van der Waals surface area contributed by atoms with Crippen LogP contribution in [-0.4, -0.2) is 0 Å². The predicted molar refractivity (Wildman–Crippen MR) is 111 cm³/mol. The number of halogens is 4. The summed E-state index contributed by atoms with van der Waals surface area (Å²) >= 11 is 0. The van der Waals surface area contributed by atoms with Gasteiger partial charge in [0.25, 0.3) is 0 Å². The van der Waals surface area contributed by atoms with Gasteiger partial charge in [-0.05, 0) is 50.0 Å². The maximum absolute atomic E-state index is 14.2. The smallest absolute Gasteiger partial charge is 0.207 e. The maximum Gasteiger partial charge on any atom is 0.418 e. The fourth-order valence-electron chi connectivity index (χ4n) is 3.55. The maximum atomic E-state index is 14.2. The molecule has 0 radical (unpaired) electrons. The van der Waals surface area contributed by atoms with E-state index in [0.29, 0.717) is 17.5 Å². The average Bonchev–Trinajstić information content (AvgIpc) is 2.61. The largest absolute Gasteiger partial charge is 0.418 e. The van der Waals surface area contributed by atoms with Crippen molar-refractivity contribution < 1.29 is 22.1 Å². The molecule has 0 amide bonds. The number of nitrogens with zero attached hydrogens (tertiary/aromatic N) is 1. The Hall–Kier alpha value is -2.43. The van der Waals surface area contributed by atoms with Gasteiger partial charge in [0.15, 0.2) is 6.20 Å². The van der Waals surface area contributed by atoms with Gasteiger partial charge in [0.05, 0.1) is 16.5 Å². The lowest BCUT2D eigenvalue weighted by molar-refractivity contribution is -0.645. The standard InChI is InChI=1S/C24H28F4N/c1-6-8-16(3)10-12-19(17(4)9-7-2)21-15-29(5)22-13-11-18(25)14-20(22)23(21)24(26,27)28/h9-15H,6-8H2,1-5H3/q+1/b16-10-,17-9-,19-12+. The fraction of sp³-hybridized carbons (Fsp3) is 0.375. The second-order valence-corrected chi connectivity index (χ2v) is 7.33. The highest BCUT2D eigenvalue weighted by Crippen LogP contribution is 2.40. The van der Waals surface area contributed by atoms with E-state index in [0.717, 1.165) is 30.1 Å². The summed E-state index contributed by atoms with van der Waals surface area (Å²) in [6, 6.07) is 3.53. The molecule has 0 aliphatic rings. The number of aryl methyl sites for hydroxylation is 1. The Bertz CT molecular complexity index is 979. The summed E-state index contributed by atoms with van der Waals surface area (Å²) < 4.78 is 58.0. The van der Waals surface area contributed by atoms with E-state index in [1.165, 1.54) is 18.3 Å².